The van der Waals surface area contributed by atoms with Gasteiger partial charge in [0.15, 0.2) is 0 Å². The van der Waals surface area contributed by atoms with E-state index in [4.69, 9.17) is 10.8 Å². The lowest BCUT2D eigenvalue weighted by Gasteiger charge is -2.26. The van der Waals surface area contributed by atoms with Crippen LogP contribution in [-0.2, 0) is 30.4 Å². The summed E-state index contributed by atoms with van der Waals surface area (Å²) in [6, 6.07) is 2.66. The van der Waals surface area contributed by atoms with E-state index in [1.807, 2.05) is 38.1 Å². The van der Waals surface area contributed by atoms with Gasteiger partial charge in [0.25, 0.3) is 0 Å². The van der Waals surface area contributed by atoms with Crippen LogP contribution in [0.15, 0.2) is 30.5 Å². The highest BCUT2D eigenvalue weighted by Crippen LogP contribution is 2.19. The Bertz CT molecular complexity index is 1160. The number of carboxylic acid groups (broad SMARTS) is 2. The minimum Gasteiger partial charge on any atom is -0.481 e. The number of aromatic amines is 1. The van der Waals surface area contributed by atoms with Gasteiger partial charge in [-0.3, -0.25) is 19.2 Å². The predicted octanol–water partition coefficient (Wildman–Crippen LogP) is 0.754. The average molecular weight is 532 g/mol. The SMILES string of the molecule is CC(C)CC(NC(=O)C(Cc1c[nH]c2ccccc12)NC(=O)C(N)C(C)C)C(=O)NC(CC(=O)O)C(=O)O. The topological polar surface area (TPSA) is 204 Å². The molecule has 0 radical (unpaired) electrons. The molecule has 4 atom stereocenters. The van der Waals surface area contributed by atoms with Gasteiger partial charge < -0.3 is 36.9 Å². The summed E-state index contributed by atoms with van der Waals surface area (Å²) < 4.78 is 0. The first kappa shape index (κ1) is 30.3. The highest BCUT2D eigenvalue weighted by atomic mass is 16.4. The Kier molecular flexibility index (Phi) is 10.8. The van der Waals surface area contributed by atoms with Crippen molar-refractivity contribution < 1.29 is 34.2 Å². The third-order valence-corrected chi connectivity index (χ3v) is 6.09. The van der Waals surface area contributed by atoms with E-state index in [0.717, 1.165) is 16.5 Å². The van der Waals surface area contributed by atoms with Crippen molar-refractivity contribution in [2.45, 2.75) is 71.1 Å². The van der Waals surface area contributed by atoms with Gasteiger partial charge in [0.2, 0.25) is 17.7 Å². The number of fused-ring (bicyclic) bond motifs is 1. The second kappa shape index (κ2) is 13.6. The number of carbonyl (C=O) groups excluding carboxylic acids is 3. The number of nitrogens with two attached hydrogens (primary N) is 1. The Morgan fingerprint density at radius 1 is 0.868 bits per heavy atom. The number of aromatic nitrogens is 1. The smallest absolute Gasteiger partial charge is 0.326 e. The second-order valence-electron chi connectivity index (χ2n) is 10.1. The molecule has 2 rings (SSSR count). The number of carbonyl (C=O) groups is 5. The highest BCUT2D eigenvalue weighted by Gasteiger charge is 2.32. The van der Waals surface area contributed by atoms with Crippen molar-refractivity contribution in [3.05, 3.63) is 36.0 Å². The van der Waals surface area contributed by atoms with Crippen LogP contribution in [-0.4, -0.2) is 69.0 Å². The number of H-pyrrole nitrogens is 1. The molecule has 0 saturated carbocycles. The van der Waals surface area contributed by atoms with E-state index in [9.17, 15) is 29.1 Å². The highest BCUT2D eigenvalue weighted by molar-refractivity contribution is 5.95. The van der Waals surface area contributed by atoms with Crippen LogP contribution in [0.4, 0.5) is 0 Å². The number of para-hydroxylation sites is 1. The number of carboxylic acids is 2. The van der Waals surface area contributed by atoms with Crippen LogP contribution in [0.1, 0.15) is 46.1 Å². The quantitative estimate of drug-likeness (QED) is 0.185. The van der Waals surface area contributed by atoms with Crippen molar-refractivity contribution in [2.75, 3.05) is 0 Å². The Labute approximate surface area is 220 Å². The zero-order chi connectivity index (χ0) is 28.6. The Morgan fingerprint density at radius 2 is 1.45 bits per heavy atom. The zero-order valence-electron chi connectivity index (χ0n) is 22.0. The van der Waals surface area contributed by atoms with Gasteiger partial charge in [-0.05, 0) is 29.9 Å². The van der Waals surface area contributed by atoms with Crippen LogP contribution in [0.25, 0.3) is 10.9 Å². The van der Waals surface area contributed by atoms with E-state index in [1.165, 1.54) is 0 Å². The van der Waals surface area contributed by atoms with E-state index in [0.29, 0.717) is 0 Å². The molecule has 0 aliphatic carbocycles. The molecule has 0 aliphatic rings. The summed E-state index contributed by atoms with van der Waals surface area (Å²) in [6.45, 7) is 7.17. The Morgan fingerprint density at radius 3 is 2.03 bits per heavy atom. The first-order valence-electron chi connectivity index (χ1n) is 12.5. The van der Waals surface area contributed by atoms with Gasteiger partial charge in [-0.2, -0.15) is 0 Å². The summed E-state index contributed by atoms with van der Waals surface area (Å²) in [6.07, 6.45) is 1.16. The van der Waals surface area contributed by atoms with Gasteiger partial charge in [-0.1, -0.05) is 45.9 Å². The van der Waals surface area contributed by atoms with E-state index >= 15 is 0 Å². The molecule has 12 heteroatoms. The Hall–Kier alpha value is -3.93. The molecule has 1 aromatic heterocycles. The lowest BCUT2D eigenvalue weighted by Crippen LogP contribution is -2.58. The normalized spacial score (nSPS) is 14.5. The van der Waals surface area contributed by atoms with E-state index in [2.05, 4.69) is 20.9 Å². The fraction of sp³-hybridized carbons (Fsp3) is 0.500. The van der Waals surface area contributed by atoms with E-state index in [-0.39, 0.29) is 24.7 Å². The number of nitrogens with one attached hydrogen (secondary N) is 4. The predicted molar refractivity (Wildman–Crippen MR) is 140 cm³/mol. The van der Waals surface area contributed by atoms with Gasteiger partial charge >= 0.3 is 11.9 Å². The third-order valence-electron chi connectivity index (χ3n) is 6.09. The van der Waals surface area contributed by atoms with Crippen molar-refractivity contribution in [1.82, 2.24) is 20.9 Å². The number of rotatable bonds is 14. The summed E-state index contributed by atoms with van der Waals surface area (Å²) in [4.78, 5) is 64.8. The zero-order valence-corrected chi connectivity index (χ0v) is 22.0. The van der Waals surface area contributed by atoms with E-state index < -0.39 is 60.2 Å². The number of hydrogen-bond acceptors (Lipinski definition) is 6. The Balaban J connectivity index is 2.31. The molecule has 38 heavy (non-hydrogen) atoms. The molecular weight excluding hydrogens is 494 g/mol. The molecule has 4 unspecified atom stereocenters. The summed E-state index contributed by atoms with van der Waals surface area (Å²) >= 11 is 0. The van der Waals surface area contributed by atoms with Crippen LogP contribution < -0.4 is 21.7 Å². The fourth-order valence-corrected chi connectivity index (χ4v) is 3.92. The summed E-state index contributed by atoms with van der Waals surface area (Å²) in [5.41, 5.74) is 7.60. The summed E-state index contributed by atoms with van der Waals surface area (Å²) in [5, 5.41) is 26.7. The maximum atomic E-state index is 13.5. The van der Waals surface area contributed by atoms with Crippen LogP contribution in [0.5, 0.6) is 0 Å². The molecule has 1 heterocycles. The molecule has 208 valence electrons. The van der Waals surface area contributed by atoms with Gasteiger partial charge in [-0.25, -0.2) is 4.79 Å². The van der Waals surface area contributed by atoms with Crippen molar-refractivity contribution >= 4 is 40.6 Å². The summed E-state index contributed by atoms with van der Waals surface area (Å²) in [5.74, 6) is -5.20. The second-order valence-corrected chi connectivity index (χ2v) is 10.1. The number of benzene rings is 1. The monoisotopic (exact) mass is 531 g/mol. The number of amides is 3. The first-order chi connectivity index (χ1) is 17.8. The van der Waals surface area contributed by atoms with Crippen LogP contribution in [0, 0.1) is 11.8 Å². The minimum absolute atomic E-state index is 0.0789. The molecule has 0 bridgehead atoms. The third kappa shape index (κ3) is 8.58. The van der Waals surface area contributed by atoms with Gasteiger partial charge in [-0.15, -0.1) is 0 Å². The molecule has 12 nitrogen and oxygen atoms in total. The van der Waals surface area contributed by atoms with Crippen molar-refractivity contribution in [3.8, 4) is 0 Å². The average Bonchev–Trinajstić information content (AvgIpc) is 3.24. The number of aliphatic carboxylic acids is 2. The lowest BCUT2D eigenvalue weighted by molar-refractivity contribution is -0.147. The molecule has 2 aromatic rings. The fourth-order valence-electron chi connectivity index (χ4n) is 3.92. The lowest BCUT2D eigenvalue weighted by atomic mass is 9.99. The molecule has 0 spiro atoms. The van der Waals surface area contributed by atoms with Crippen LogP contribution in [0.2, 0.25) is 0 Å². The van der Waals surface area contributed by atoms with Crippen molar-refractivity contribution in [3.63, 3.8) is 0 Å². The van der Waals surface area contributed by atoms with Crippen molar-refractivity contribution in [2.24, 2.45) is 17.6 Å². The van der Waals surface area contributed by atoms with Crippen molar-refractivity contribution in [1.29, 1.82) is 0 Å². The van der Waals surface area contributed by atoms with Gasteiger partial charge in [0, 0.05) is 23.5 Å². The molecule has 8 N–H and O–H groups in total. The molecule has 0 fully saturated rings. The standard InChI is InChI=1S/C26H37N5O7/c1-13(2)9-18(23(34)31-20(26(37)38)11-21(32)33)29-24(35)19(30-25(36)22(27)14(3)4)10-15-12-28-17-8-6-5-7-16(15)17/h5-8,12-14,18-20,22,28H,9-11,27H2,1-4H3,(H,29,35)(H,30,36)(H,31,34)(H,32,33)(H,37,38). The maximum Gasteiger partial charge on any atom is 0.326 e. The van der Waals surface area contributed by atoms with Crippen LogP contribution in [0.3, 0.4) is 0 Å². The molecule has 1 aromatic carbocycles. The largest absolute Gasteiger partial charge is 0.481 e. The van der Waals surface area contributed by atoms with Gasteiger partial charge in [0.1, 0.15) is 18.1 Å². The first-order valence-corrected chi connectivity index (χ1v) is 12.5. The minimum atomic E-state index is -1.67. The van der Waals surface area contributed by atoms with Gasteiger partial charge in [0.05, 0.1) is 12.5 Å². The molecule has 0 saturated heterocycles. The molecule has 0 aliphatic heterocycles. The van der Waals surface area contributed by atoms with Crippen LogP contribution >= 0.6 is 0 Å². The maximum absolute atomic E-state index is 13.5. The van der Waals surface area contributed by atoms with E-state index in [1.54, 1.807) is 20.0 Å². The molecule has 3 amide bonds. The number of hydrogen-bond donors (Lipinski definition) is 7. The summed E-state index contributed by atoms with van der Waals surface area (Å²) in [7, 11) is 0. The molecular formula is C26H37N5O7.